The first-order valence-electron chi connectivity index (χ1n) is 6.62. The molecule has 1 aliphatic heterocycles. The third-order valence-corrected chi connectivity index (χ3v) is 3.92. The number of nitrogens with zero attached hydrogens (tertiary/aromatic N) is 2. The number of halogens is 2. The first-order valence-corrected chi connectivity index (χ1v) is 7.37. The van der Waals surface area contributed by atoms with Gasteiger partial charge in [0.05, 0.1) is 10.0 Å². The highest BCUT2D eigenvalue weighted by atomic mass is 35.5. The quantitative estimate of drug-likeness (QED) is 0.667. The normalized spacial score (nSPS) is 15.7. The van der Waals surface area contributed by atoms with Crippen LogP contribution >= 0.6 is 23.2 Å². The Morgan fingerprint density at radius 3 is 2.33 bits per heavy atom. The molecule has 0 bridgehead atoms. The molecule has 1 saturated heterocycles. The van der Waals surface area contributed by atoms with Crippen LogP contribution < -0.4 is 0 Å². The number of likely N-dealkylation sites (tertiary alicyclic amines) is 1. The largest absolute Gasteiger partial charge is 0.505 e. The molecule has 21 heavy (non-hydrogen) atoms. The molecule has 1 N–H and O–H groups in total. The van der Waals surface area contributed by atoms with Gasteiger partial charge in [0, 0.05) is 13.1 Å². The SMILES string of the molecule is N#C/C(=C/c1cc(Cl)c(O)c(Cl)c1)C(=O)N1CCCCC1. The lowest BCUT2D eigenvalue weighted by Gasteiger charge is -2.26. The predicted octanol–water partition coefficient (Wildman–Crippen LogP) is 3.62. The molecule has 1 fully saturated rings. The molecule has 0 unspecified atom stereocenters. The van der Waals surface area contributed by atoms with Gasteiger partial charge in [0.2, 0.25) is 0 Å². The maximum Gasteiger partial charge on any atom is 0.264 e. The Balaban J connectivity index is 2.28. The first kappa shape index (κ1) is 15.7. The van der Waals surface area contributed by atoms with Gasteiger partial charge in [0.15, 0.2) is 5.75 Å². The topological polar surface area (TPSA) is 64.3 Å². The lowest BCUT2D eigenvalue weighted by Crippen LogP contribution is -2.36. The van der Waals surface area contributed by atoms with Gasteiger partial charge in [-0.25, -0.2) is 0 Å². The molecular weight excluding hydrogens is 311 g/mol. The zero-order valence-electron chi connectivity index (χ0n) is 11.3. The second kappa shape index (κ2) is 6.84. The van der Waals surface area contributed by atoms with E-state index in [2.05, 4.69) is 0 Å². The van der Waals surface area contributed by atoms with Gasteiger partial charge in [-0.15, -0.1) is 0 Å². The van der Waals surface area contributed by atoms with Gasteiger partial charge in [-0.1, -0.05) is 23.2 Å². The number of carbonyl (C=O) groups is 1. The van der Waals surface area contributed by atoms with Crippen LogP contribution in [0.5, 0.6) is 5.75 Å². The van der Waals surface area contributed by atoms with E-state index in [1.54, 1.807) is 4.90 Å². The number of nitriles is 1. The van der Waals surface area contributed by atoms with Crippen LogP contribution in [0.4, 0.5) is 0 Å². The molecule has 0 atom stereocenters. The van der Waals surface area contributed by atoms with Crippen molar-refractivity contribution in [3.05, 3.63) is 33.3 Å². The minimum absolute atomic E-state index is 0.0368. The first-order chi connectivity index (χ1) is 10.0. The van der Waals surface area contributed by atoms with Crippen LogP contribution in [-0.4, -0.2) is 29.0 Å². The maximum atomic E-state index is 12.3. The molecule has 4 nitrogen and oxygen atoms in total. The van der Waals surface area contributed by atoms with Gasteiger partial charge in [-0.05, 0) is 43.0 Å². The van der Waals surface area contributed by atoms with Crippen LogP contribution in [0.15, 0.2) is 17.7 Å². The van der Waals surface area contributed by atoms with E-state index >= 15 is 0 Å². The molecule has 1 aromatic carbocycles. The number of aromatic hydroxyl groups is 1. The third-order valence-electron chi connectivity index (χ3n) is 3.34. The van der Waals surface area contributed by atoms with E-state index in [4.69, 9.17) is 23.2 Å². The van der Waals surface area contributed by atoms with Crippen LogP contribution in [0.1, 0.15) is 24.8 Å². The lowest BCUT2D eigenvalue weighted by atomic mass is 10.1. The molecule has 1 aromatic rings. The van der Waals surface area contributed by atoms with E-state index < -0.39 is 0 Å². The summed E-state index contributed by atoms with van der Waals surface area (Å²) in [7, 11) is 0. The molecule has 0 radical (unpaired) electrons. The molecule has 110 valence electrons. The number of rotatable bonds is 2. The second-order valence-corrected chi connectivity index (χ2v) is 5.67. The Morgan fingerprint density at radius 1 is 1.24 bits per heavy atom. The summed E-state index contributed by atoms with van der Waals surface area (Å²) in [5.74, 6) is -0.492. The molecule has 1 aliphatic rings. The number of phenolic OH excluding ortho intramolecular Hbond substituents is 1. The third kappa shape index (κ3) is 3.69. The minimum atomic E-state index is -0.280. The smallest absolute Gasteiger partial charge is 0.264 e. The summed E-state index contributed by atoms with van der Waals surface area (Å²) in [6.07, 6.45) is 4.47. The van der Waals surface area contributed by atoms with Crippen LogP contribution in [0.25, 0.3) is 6.08 Å². The molecule has 0 aromatic heterocycles. The van der Waals surface area contributed by atoms with Crippen molar-refractivity contribution in [1.82, 2.24) is 4.90 Å². The van der Waals surface area contributed by atoms with Gasteiger partial charge in [-0.3, -0.25) is 4.79 Å². The molecular formula is C15H14Cl2N2O2. The molecule has 1 heterocycles. The van der Waals surface area contributed by atoms with E-state index in [0.717, 1.165) is 19.3 Å². The van der Waals surface area contributed by atoms with Crippen molar-refractivity contribution in [3.8, 4) is 11.8 Å². The van der Waals surface area contributed by atoms with Crippen molar-refractivity contribution in [2.24, 2.45) is 0 Å². The van der Waals surface area contributed by atoms with Gasteiger partial charge < -0.3 is 10.0 Å². The Labute approximate surface area is 133 Å². The number of amides is 1. The van der Waals surface area contributed by atoms with Crippen LogP contribution in [0, 0.1) is 11.3 Å². The number of benzene rings is 1. The zero-order chi connectivity index (χ0) is 15.4. The van der Waals surface area contributed by atoms with Gasteiger partial charge in [0.1, 0.15) is 11.6 Å². The standard InChI is InChI=1S/C15H14Cl2N2O2/c16-12-7-10(8-13(17)14(12)20)6-11(9-18)15(21)19-4-2-1-3-5-19/h6-8,20H,1-5H2/b11-6-. The highest BCUT2D eigenvalue weighted by Gasteiger charge is 2.20. The van der Waals surface area contributed by atoms with E-state index in [0.29, 0.717) is 18.7 Å². The molecule has 0 saturated carbocycles. The van der Waals surface area contributed by atoms with Crippen molar-refractivity contribution >= 4 is 35.2 Å². The summed E-state index contributed by atoms with van der Waals surface area (Å²) in [5, 5.41) is 18.9. The fourth-order valence-corrected chi connectivity index (χ4v) is 2.75. The minimum Gasteiger partial charge on any atom is -0.505 e. The maximum absolute atomic E-state index is 12.3. The lowest BCUT2D eigenvalue weighted by molar-refractivity contribution is -0.127. The number of phenols is 1. The molecule has 1 amide bonds. The summed E-state index contributed by atoms with van der Waals surface area (Å²) in [6, 6.07) is 4.85. The highest BCUT2D eigenvalue weighted by Crippen LogP contribution is 2.33. The van der Waals surface area contributed by atoms with E-state index in [1.165, 1.54) is 18.2 Å². The fraction of sp³-hybridized carbons (Fsp3) is 0.333. The molecule has 2 rings (SSSR count). The molecule has 0 spiro atoms. The van der Waals surface area contributed by atoms with Crippen molar-refractivity contribution in [2.75, 3.05) is 13.1 Å². The summed E-state index contributed by atoms with van der Waals surface area (Å²) in [6.45, 7) is 1.35. The summed E-state index contributed by atoms with van der Waals surface area (Å²) < 4.78 is 0. The Bertz CT molecular complexity index is 606. The van der Waals surface area contributed by atoms with Crippen LogP contribution in [0.2, 0.25) is 10.0 Å². The second-order valence-electron chi connectivity index (χ2n) is 4.86. The Kier molecular flexibility index (Phi) is 5.11. The highest BCUT2D eigenvalue weighted by molar-refractivity contribution is 6.37. The summed E-state index contributed by atoms with van der Waals surface area (Å²) >= 11 is 11.7. The van der Waals surface area contributed by atoms with Crippen LogP contribution in [0.3, 0.4) is 0 Å². The van der Waals surface area contributed by atoms with E-state index in [9.17, 15) is 15.2 Å². The van der Waals surface area contributed by atoms with E-state index in [-0.39, 0.29) is 27.3 Å². The number of hydrogen-bond donors (Lipinski definition) is 1. The van der Waals surface area contributed by atoms with Crippen LogP contribution in [-0.2, 0) is 4.79 Å². The number of carbonyl (C=O) groups excluding carboxylic acids is 1. The van der Waals surface area contributed by atoms with Gasteiger partial charge in [0.25, 0.3) is 5.91 Å². The van der Waals surface area contributed by atoms with Crippen molar-refractivity contribution in [3.63, 3.8) is 0 Å². The molecule has 0 aliphatic carbocycles. The van der Waals surface area contributed by atoms with Crippen molar-refractivity contribution in [1.29, 1.82) is 5.26 Å². The van der Waals surface area contributed by atoms with Crippen molar-refractivity contribution < 1.29 is 9.90 Å². The predicted molar refractivity (Wildman–Crippen MR) is 82.1 cm³/mol. The average molecular weight is 325 g/mol. The molecule has 6 heteroatoms. The summed E-state index contributed by atoms with van der Waals surface area (Å²) in [5.41, 5.74) is 0.541. The summed E-state index contributed by atoms with van der Waals surface area (Å²) in [4.78, 5) is 14.0. The van der Waals surface area contributed by atoms with Gasteiger partial charge >= 0.3 is 0 Å². The Hall–Kier alpha value is -1.70. The Morgan fingerprint density at radius 2 is 1.81 bits per heavy atom. The zero-order valence-corrected chi connectivity index (χ0v) is 12.8. The van der Waals surface area contributed by atoms with E-state index in [1.807, 2.05) is 6.07 Å². The van der Waals surface area contributed by atoms with Crippen molar-refractivity contribution in [2.45, 2.75) is 19.3 Å². The monoisotopic (exact) mass is 324 g/mol. The number of hydrogen-bond acceptors (Lipinski definition) is 3. The number of piperidine rings is 1. The van der Waals surface area contributed by atoms with Gasteiger partial charge in [-0.2, -0.15) is 5.26 Å². The fourth-order valence-electron chi connectivity index (χ4n) is 2.24. The average Bonchev–Trinajstić information content (AvgIpc) is 2.50.